The zero-order chi connectivity index (χ0) is 14.8. The summed E-state index contributed by atoms with van der Waals surface area (Å²) in [6.07, 6.45) is 3.24. The molecule has 1 amide bonds. The molecule has 0 saturated heterocycles. The average Bonchev–Trinajstić information content (AvgIpc) is 2.89. The van der Waals surface area contributed by atoms with Gasteiger partial charge in [-0.05, 0) is 30.5 Å². The quantitative estimate of drug-likeness (QED) is 0.589. The van der Waals surface area contributed by atoms with Gasteiger partial charge >= 0.3 is 0 Å². The Morgan fingerprint density at radius 3 is 2.95 bits per heavy atom. The summed E-state index contributed by atoms with van der Waals surface area (Å²) in [6, 6.07) is 8.07. The highest BCUT2D eigenvalue weighted by atomic mass is 32.2. The van der Waals surface area contributed by atoms with Crippen molar-refractivity contribution in [1.29, 1.82) is 0 Å². The van der Waals surface area contributed by atoms with E-state index in [0.29, 0.717) is 5.69 Å². The number of carbonyl (C=O) groups is 1. The molecule has 3 rings (SSSR count). The average molecular weight is 319 g/mol. The van der Waals surface area contributed by atoms with Gasteiger partial charge in [0.1, 0.15) is 0 Å². The van der Waals surface area contributed by atoms with E-state index in [2.05, 4.69) is 15.3 Å². The van der Waals surface area contributed by atoms with Gasteiger partial charge in [0.2, 0.25) is 5.95 Å². The number of anilines is 1. The maximum Gasteiger partial charge on any atom is 0.255 e. The number of hydrogen-bond acceptors (Lipinski definition) is 5. The van der Waals surface area contributed by atoms with Crippen LogP contribution in [0, 0.1) is 5.95 Å². The van der Waals surface area contributed by atoms with Crippen LogP contribution in [0.4, 0.5) is 10.1 Å². The lowest BCUT2D eigenvalue weighted by Gasteiger charge is -2.04. The van der Waals surface area contributed by atoms with Crippen LogP contribution in [0.1, 0.15) is 10.4 Å². The van der Waals surface area contributed by atoms with Gasteiger partial charge in [-0.3, -0.25) is 4.79 Å². The number of nitrogens with zero attached hydrogens (tertiary/aromatic N) is 2. The van der Waals surface area contributed by atoms with E-state index < -0.39 is 5.95 Å². The lowest BCUT2D eigenvalue weighted by molar-refractivity contribution is 0.102. The Bertz CT molecular complexity index is 819. The number of carbonyl (C=O) groups excluding carboxylic acids is 1. The van der Waals surface area contributed by atoms with Crippen LogP contribution in [0.2, 0.25) is 0 Å². The van der Waals surface area contributed by atoms with Gasteiger partial charge in [0.05, 0.1) is 10.2 Å². The molecule has 0 saturated carbocycles. The fourth-order valence-corrected chi connectivity index (χ4v) is 3.34. The van der Waals surface area contributed by atoms with Crippen molar-refractivity contribution in [3.8, 4) is 0 Å². The SMILES string of the molecule is CSc1nc2ccc(NC(=O)c3ccnc(F)c3)cc2s1. The third-order valence-electron chi connectivity index (χ3n) is 2.79. The van der Waals surface area contributed by atoms with E-state index in [4.69, 9.17) is 0 Å². The lowest BCUT2D eigenvalue weighted by Crippen LogP contribution is -2.12. The standard InChI is InChI=1S/C14H10FN3OS2/c1-20-14-18-10-3-2-9(7-11(10)21-14)17-13(19)8-4-5-16-12(15)6-8/h2-7H,1H3,(H,17,19). The molecular formula is C14H10FN3OS2. The van der Waals surface area contributed by atoms with E-state index in [1.165, 1.54) is 12.3 Å². The molecule has 1 N–H and O–H groups in total. The summed E-state index contributed by atoms with van der Waals surface area (Å²) in [5.41, 5.74) is 1.79. The van der Waals surface area contributed by atoms with Gasteiger partial charge in [-0.2, -0.15) is 4.39 Å². The summed E-state index contributed by atoms with van der Waals surface area (Å²) in [5.74, 6) is -1.05. The number of halogens is 1. The molecular weight excluding hydrogens is 309 g/mol. The predicted molar refractivity (Wildman–Crippen MR) is 83.5 cm³/mol. The first-order valence-electron chi connectivity index (χ1n) is 6.03. The summed E-state index contributed by atoms with van der Waals surface area (Å²) in [7, 11) is 0. The van der Waals surface area contributed by atoms with Gasteiger partial charge in [0.25, 0.3) is 5.91 Å². The van der Waals surface area contributed by atoms with Crippen LogP contribution in [0.25, 0.3) is 10.2 Å². The van der Waals surface area contributed by atoms with Crippen molar-refractivity contribution in [2.75, 3.05) is 11.6 Å². The van der Waals surface area contributed by atoms with Crippen molar-refractivity contribution >= 4 is 44.9 Å². The minimum atomic E-state index is -0.676. The topological polar surface area (TPSA) is 54.9 Å². The number of benzene rings is 1. The normalized spacial score (nSPS) is 10.8. The maximum absolute atomic E-state index is 13.0. The number of nitrogens with one attached hydrogen (secondary N) is 1. The fraction of sp³-hybridized carbons (Fsp3) is 0.0714. The molecule has 0 aliphatic rings. The van der Waals surface area contributed by atoms with Gasteiger partial charge in [-0.15, -0.1) is 11.3 Å². The summed E-state index contributed by atoms with van der Waals surface area (Å²) in [4.78, 5) is 19.9. The predicted octanol–water partition coefficient (Wildman–Crippen LogP) is 3.80. The summed E-state index contributed by atoms with van der Waals surface area (Å²) < 4.78 is 15.0. The molecule has 0 atom stereocenters. The minimum absolute atomic E-state index is 0.233. The van der Waals surface area contributed by atoms with E-state index >= 15 is 0 Å². The molecule has 2 aromatic heterocycles. The number of rotatable bonds is 3. The Kier molecular flexibility index (Phi) is 3.85. The second-order valence-corrected chi connectivity index (χ2v) is 6.27. The Balaban J connectivity index is 1.85. The molecule has 0 spiro atoms. The lowest BCUT2D eigenvalue weighted by atomic mass is 10.2. The van der Waals surface area contributed by atoms with Crippen LogP contribution in [-0.2, 0) is 0 Å². The Hall–Kier alpha value is -1.99. The molecule has 0 bridgehead atoms. The molecule has 0 unspecified atom stereocenters. The van der Waals surface area contributed by atoms with Gasteiger partial charge in [-0.1, -0.05) is 11.8 Å². The highest BCUT2D eigenvalue weighted by molar-refractivity contribution is 8.00. The zero-order valence-electron chi connectivity index (χ0n) is 11.0. The number of fused-ring (bicyclic) bond motifs is 1. The summed E-state index contributed by atoms with van der Waals surface area (Å²) in [5, 5.41) is 2.74. The van der Waals surface area contributed by atoms with E-state index in [-0.39, 0.29) is 11.5 Å². The second kappa shape index (κ2) is 5.79. The molecule has 1 aromatic carbocycles. The molecule has 7 heteroatoms. The zero-order valence-corrected chi connectivity index (χ0v) is 12.6. The van der Waals surface area contributed by atoms with Crippen LogP contribution in [0.5, 0.6) is 0 Å². The number of aromatic nitrogens is 2. The first-order chi connectivity index (χ1) is 10.2. The largest absolute Gasteiger partial charge is 0.322 e. The first kappa shape index (κ1) is 14.0. The van der Waals surface area contributed by atoms with E-state index in [0.717, 1.165) is 20.6 Å². The maximum atomic E-state index is 13.0. The van der Waals surface area contributed by atoms with Crippen LogP contribution in [0.3, 0.4) is 0 Å². The highest BCUT2D eigenvalue weighted by Crippen LogP contribution is 2.30. The van der Waals surface area contributed by atoms with Crippen molar-refractivity contribution in [1.82, 2.24) is 9.97 Å². The van der Waals surface area contributed by atoms with Crippen LogP contribution in [0.15, 0.2) is 40.9 Å². The van der Waals surface area contributed by atoms with E-state index in [1.807, 2.05) is 18.4 Å². The highest BCUT2D eigenvalue weighted by Gasteiger charge is 2.09. The summed E-state index contributed by atoms with van der Waals surface area (Å²) in [6.45, 7) is 0. The van der Waals surface area contributed by atoms with Crippen LogP contribution < -0.4 is 5.32 Å². The number of pyridine rings is 1. The van der Waals surface area contributed by atoms with Crippen molar-refractivity contribution < 1.29 is 9.18 Å². The minimum Gasteiger partial charge on any atom is -0.322 e. The number of thiazole rings is 1. The Morgan fingerprint density at radius 1 is 1.33 bits per heavy atom. The monoisotopic (exact) mass is 319 g/mol. The second-order valence-electron chi connectivity index (χ2n) is 4.19. The first-order valence-corrected chi connectivity index (χ1v) is 8.07. The van der Waals surface area contributed by atoms with E-state index in [9.17, 15) is 9.18 Å². The number of hydrogen-bond donors (Lipinski definition) is 1. The van der Waals surface area contributed by atoms with Gasteiger partial charge < -0.3 is 5.32 Å². The van der Waals surface area contributed by atoms with E-state index in [1.54, 1.807) is 29.2 Å². The van der Waals surface area contributed by atoms with Gasteiger partial charge in [0.15, 0.2) is 4.34 Å². The molecule has 4 nitrogen and oxygen atoms in total. The smallest absolute Gasteiger partial charge is 0.255 e. The van der Waals surface area contributed by atoms with Crippen molar-refractivity contribution in [3.05, 3.63) is 48.0 Å². The number of thioether (sulfide) groups is 1. The molecule has 0 aliphatic heterocycles. The van der Waals surface area contributed by atoms with Crippen molar-refractivity contribution in [2.45, 2.75) is 4.34 Å². The molecule has 0 fully saturated rings. The molecule has 106 valence electrons. The molecule has 0 aliphatic carbocycles. The summed E-state index contributed by atoms with van der Waals surface area (Å²) >= 11 is 3.15. The van der Waals surface area contributed by atoms with Crippen molar-refractivity contribution in [2.24, 2.45) is 0 Å². The third kappa shape index (κ3) is 3.03. The van der Waals surface area contributed by atoms with Crippen LogP contribution >= 0.6 is 23.1 Å². The van der Waals surface area contributed by atoms with Crippen LogP contribution in [-0.4, -0.2) is 22.1 Å². The Morgan fingerprint density at radius 2 is 2.19 bits per heavy atom. The molecule has 2 heterocycles. The molecule has 3 aromatic rings. The molecule has 0 radical (unpaired) electrons. The van der Waals surface area contributed by atoms with Gasteiger partial charge in [-0.25, -0.2) is 9.97 Å². The Labute approximate surface area is 128 Å². The number of amides is 1. The van der Waals surface area contributed by atoms with Gasteiger partial charge in [0, 0.05) is 23.5 Å². The third-order valence-corrected chi connectivity index (χ3v) is 4.79. The fourth-order valence-electron chi connectivity index (χ4n) is 1.82. The van der Waals surface area contributed by atoms with Crippen molar-refractivity contribution in [3.63, 3.8) is 0 Å². The molecule has 21 heavy (non-hydrogen) atoms.